The molecule has 2 rings (SSSR count). The van der Waals surface area contributed by atoms with Gasteiger partial charge in [-0.25, -0.2) is 9.97 Å². The fourth-order valence-electron chi connectivity index (χ4n) is 2.31. The Morgan fingerprint density at radius 1 is 1.35 bits per heavy atom. The summed E-state index contributed by atoms with van der Waals surface area (Å²) in [5.74, 6) is 3.04. The molecule has 3 nitrogen and oxygen atoms in total. The van der Waals surface area contributed by atoms with Crippen LogP contribution < -0.4 is 5.32 Å². The summed E-state index contributed by atoms with van der Waals surface area (Å²) in [6, 6.07) is 2.54. The third kappa shape index (κ3) is 3.41. The van der Waals surface area contributed by atoms with Crippen molar-refractivity contribution in [1.29, 1.82) is 0 Å². The zero-order valence-corrected chi connectivity index (χ0v) is 12.3. The molecule has 1 heterocycles. The molecule has 1 N–H and O–H groups in total. The molecular formula is C13H20BrN3. The molecule has 4 heteroatoms. The second kappa shape index (κ2) is 5.34. The molecule has 0 aliphatic heterocycles. The van der Waals surface area contributed by atoms with E-state index < -0.39 is 0 Å². The van der Waals surface area contributed by atoms with Gasteiger partial charge in [0.25, 0.3) is 0 Å². The Morgan fingerprint density at radius 3 is 2.71 bits per heavy atom. The van der Waals surface area contributed by atoms with Gasteiger partial charge in [-0.05, 0) is 41.1 Å². The lowest BCUT2D eigenvalue weighted by Crippen LogP contribution is -2.17. The molecule has 94 valence electrons. The number of aromatic nitrogens is 2. The molecule has 0 aromatic carbocycles. The first-order valence-corrected chi connectivity index (χ1v) is 7.15. The molecule has 17 heavy (non-hydrogen) atoms. The lowest BCUT2D eigenvalue weighted by atomic mass is 10.1. The second-order valence-electron chi connectivity index (χ2n) is 5.35. The third-order valence-electron chi connectivity index (χ3n) is 3.28. The fourth-order valence-corrected chi connectivity index (χ4v) is 2.71. The van der Waals surface area contributed by atoms with Crippen LogP contribution in [0.5, 0.6) is 0 Å². The number of rotatable bonds is 3. The maximum Gasteiger partial charge on any atom is 0.134 e. The lowest BCUT2D eigenvalue weighted by Gasteiger charge is -2.14. The summed E-state index contributed by atoms with van der Waals surface area (Å²) in [7, 11) is 0. The van der Waals surface area contributed by atoms with E-state index in [2.05, 4.69) is 52.0 Å². The van der Waals surface area contributed by atoms with Crippen LogP contribution in [0.15, 0.2) is 10.7 Å². The van der Waals surface area contributed by atoms with Crippen molar-refractivity contribution in [3.8, 4) is 0 Å². The summed E-state index contributed by atoms with van der Waals surface area (Å²) in [5.41, 5.74) is 0. The predicted octanol–water partition coefficient (Wildman–Crippen LogP) is 3.96. The molecule has 1 aliphatic carbocycles. The number of hydrogen-bond acceptors (Lipinski definition) is 3. The Bertz CT molecular complexity index is 392. The zero-order valence-electron chi connectivity index (χ0n) is 10.7. The maximum absolute atomic E-state index is 4.57. The SMILES string of the molecule is CC1CCC(Nc2cc(Br)nc(C(C)C)n2)C1. The molecule has 2 unspecified atom stereocenters. The van der Waals surface area contributed by atoms with Gasteiger partial charge in [0.05, 0.1) is 0 Å². The molecule has 0 saturated heterocycles. The van der Waals surface area contributed by atoms with Crippen LogP contribution in [0.25, 0.3) is 0 Å². The molecule has 1 saturated carbocycles. The summed E-state index contributed by atoms with van der Waals surface area (Å²) in [4.78, 5) is 8.96. The number of nitrogens with one attached hydrogen (secondary N) is 1. The van der Waals surface area contributed by atoms with E-state index in [1.165, 1.54) is 19.3 Å². The van der Waals surface area contributed by atoms with Crippen LogP contribution in [0.4, 0.5) is 5.82 Å². The number of anilines is 1. The van der Waals surface area contributed by atoms with Crippen LogP contribution in [0, 0.1) is 5.92 Å². The summed E-state index contributed by atoms with van der Waals surface area (Å²) < 4.78 is 0.866. The van der Waals surface area contributed by atoms with Gasteiger partial charge in [0, 0.05) is 18.0 Å². The van der Waals surface area contributed by atoms with Crippen LogP contribution in [0.1, 0.15) is 51.8 Å². The Morgan fingerprint density at radius 2 is 2.12 bits per heavy atom. The van der Waals surface area contributed by atoms with Gasteiger partial charge in [-0.3, -0.25) is 0 Å². The largest absolute Gasteiger partial charge is 0.367 e. The smallest absolute Gasteiger partial charge is 0.134 e. The summed E-state index contributed by atoms with van der Waals surface area (Å²) in [5, 5.41) is 3.53. The van der Waals surface area contributed by atoms with E-state index in [9.17, 15) is 0 Å². The number of hydrogen-bond donors (Lipinski definition) is 1. The van der Waals surface area contributed by atoms with Crippen LogP contribution in [0.3, 0.4) is 0 Å². The molecule has 0 amide bonds. The van der Waals surface area contributed by atoms with Gasteiger partial charge in [-0.15, -0.1) is 0 Å². The molecule has 0 radical (unpaired) electrons. The minimum absolute atomic E-state index is 0.357. The van der Waals surface area contributed by atoms with E-state index in [1.807, 2.05) is 6.07 Å². The standard InChI is InChI=1S/C13H20BrN3/c1-8(2)13-16-11(14)7-12(17-13)15-10-5-4-9(3)6-10/h7-10H,4-6H2,1-3H3,(H,15,16,17). The highest BCUT2D eigenvalue weighted by atomic mass is 79.9. The van der Waals surface area contributed by atoms with Crippen molar-refractivity contribution < 1.29 is 0 Å². The molecule has 1 fully saturated rings. The van der Waals surface area contributed by atoms with Crippen molar-refractivity contribution in [1.82, 2.24) is 9.97 Å². The maximum atomic E-state index is 4.57. The van der Waals surface area contributed by atoms with Gasteiger partial charge in [0.15, 0.2) is 0 Å². The highest BCUT2D eigenvalue weighted by Gasteiger charge is 2.21. The van der Waals surface area contributed by atoms with Crippen molar-refractivity contribution >= 4 is 21.7 Å². The topological polar surface area (TPSA) is 37.8 Å². The highest BCUT2D eigenvalue weighted by molar-refractivity contribution is 9.10. The molecular weight excluding hydrogens is 278 g/mol. The number of nitrogens with zero attached hydrogens (tertiary/aromatic N) is 2. The van der Waals surface area contributed by atoms with Crippen molar-refractivity contribution in [2.45, 2.75) is 52.0 Å². The first-order chi connectivity index (χ1) is 8.04. The Labute approximate surface area is 112 Å². The van der Waals surface area contributed by atoms with E-state index >= 15 is 0 Å². The van der Waals surface area contributed by atoms with Gasteiger partial charge in [-0.2, -0.15) is 0 Å². The minimum atomic E-state index is 0.357. The van der Waals surface area contributed by atoms with Gasteiger partial charge in [-0.1, -0.05) is 20.8 Å². The van der Waals surface area contributed by atoms with E-state index in [0.717, 1.165) is 22.2 Å². The zero-order chi connectivity index (χ0) is 12.4. The van der Waals surface area contributed by atoms with Crippen LogP contribution >= 0.6 is 15.9 Å². The van der Waals surface area contributed by atoms with Gasteiger partial charge in [0.1, 0.15) is 16.2 Å². The van der Waals surface area contributed by atoms with E-state index in [4.69, 9.17) is 0 Å². The van der Waals surface area contributed by atoms with Gasteiger partial charge >= 0.3 is 0 Å². The monoisotopic (exact) mass is 297 g/mol. The fraction of sp³-hybridized carbons (Fsp3) is 0.692. The first kappa shape index (κ1) is 12.8. The quantitative estimate of drug-likeness (QED) is 0.858. The van der Waals surface area contributed by atoms with E-state index in [1.54, 1.807) is 0 Å². The Kier molecular flexibility index (Phi) is 4.02. The average Bonchev–Trinajstić information content (AvgIpc) is 2.63. The highest BCUT2D eigenvalue weighted by Crippen LogP contribution is 2.27. The first-order valence-electron chi connectivity index (χ1n) is 6.35. The van der Waals surface area contributed by atoms with Gasteiger partial charge in [0.2, 0.25) is 0 Å². The third-order valence-corrected chi connectivity index (χ3v) is 3.68. The predicted molar refractivity (Wildman–Crippen MR) is 74.2 cm³/mol. The molecule has 1 aromatic rings. The van der Waals surface area contributed by atoms with Crippen LogP contribution in [-0.2, 0) is 0 Å². The Balaban J connectivity index is 2.10. The number of halogens is 1. The van der Waals surface area contributed by atoms with Crippen LogP contribution in [-0.4, -0.2) is 16.0 Å². The summed E-state index contributed by atoms with van der Waals surface area (Å²) in [6.45, 7) is 6.55. The van der Waals surface area contributed by atoms with Gasteiger partial charge < -0.3 is 5.32 Å². The van der Waals surface area contributed by atoms with E-state index in [0.29, 0.717) is 12.0 Å². The molecule has 1 aromatic heterocycles. The van der Waals surface area contributed by atoms with Crippen LogP contribution in [0.2, 0.25) is 0 Å². The normalized spacial score (nSPS) is 24.3. The molecule has 0 spiro atoms. The lowest BCUT2D eigenvalue weighted by molar-refractivity contribution is 0.602. The molecule has 1 aliphatic rings. The van der Waals surface area contributed by atoms with Crippen molar-refractivity contribution in [2.24, 2.45) is 5.92 Å². The average molecular weight is 298 g/mol. The summed E-state index contributed by atoms with van der Waals surface area (Å²) in [6.07, 6.45) is 3.82. The molecule has 2 atom stereocenters. The summed E-state index contributed by atoms with van der Waals surface area (Å²) >= 11 is 3.45. The van der Waals surface area contributed by atoms with E-state index in [-0.39, 0.29) is 0 Å². The molecule has 0 bridgehead atoms. The van der Waals surface area contributed by atoms with Crippen molar-refractivity contribution in [3.05, 3.63) is 16.5 Å². The van der Waals surface area contributed by atoms with Crippen molar-refractivity contribution in [2.75, 3.05) is 5.32 Å². The van der Waals surface area contributed by atoms with Crippen molar-refractivity contribution in [3.63, 3.8) is 0 Å². The minimum Gasteiger partial charge on any atom is -0.367 e. The second-order valence-corrected chi connectivity index (χ2v) is 6.16. The Hall–Kier alpha value is -0.640.